The van der Waals surface area contributed by atoms with Crippen molar-refractivity contribution >= 4 is 5.97 Å². The molecule has 102 valence electrons. The van der Waals surface area contributed by atoms with E-state index in [2.05, 4.69) is 24.2 Å². The topological polar surface area (TPSA) is 41.6 Å². The Bertz CT molecular complexity index is 208. The Morgan fingerprint density at radius 3 is 2.41 bits per heavy atom. The predicted molar refractivity (Wildman–Crippen MR) is 71.1 cm³/mol. The highest BCUT2D eigenvalue weighted by Crippen LogP contribution is 2.00. The molecule has 4 nitrogen and oxygen atoms in total. The number of nitrogens with one attached hydrogen (secondary N) is 1. The highest BCUT2D eigenvalue weighted by atomic mass is 16.5. The molecule has 0 fully saturated rings. The van der Waals surface area contributed by atoms with Gasteiger partial charge in [0.05, 0.1) is 6.61 Å². The van der Waals surface area contributed by atoms with Gasteiger partial charge in [0, 0.05) is 6.04 Å². The third-order valence-electron chi connectivity index (χ3n) is 2.51. The van der Waals surface area contributed by atoms with E-state index in [-0.39, 0.29) is 12.0 Å². The first-order valence-electron chi connectivity index (χ1n) is 6.62. The minimum atomic E-state index is -0.186. The van der Waals surface area contributed by atoms with Crippen molar-refractivity contribution in [3.63, 3.8) is 0 Å². The molecule has 4 heteroatoms. The van der Waals surface area contributed by atoms with Gasteiger partial charge in [-0.3, -0.25) is 4.79 Å². The molecule has 0 aromatic heterocycles. The number of nitrogens with zero attached hydrogens (tertiary/aromatic N) is 1. The number of ether oxygens (including phenoxy) is 1. The number of hydrogen-bond donors (Lipinski definition) is 1. The van der Waals surface area contributed by atoms with Crippen molar-refractivity contribution in [2.75, 3.05) is 26.7 Å². The lowest BCUT2D eigenvalue weighted by Crippen LogP contribution is -2.43. The Balaban J connectivity index is 4.14. The summed E-state index contributed by atoms with van der Waals surface area (Å²) < 4.78 is 5.08. The monoisotopic (exact) mass is 244 g/mol. The van der Waals surface area contributed by atoms with Crippen LogP contribution in [0.2, 0.25) is 0 Å². The van der Waals surface area contributed by atoms with E-state index in [0.29, 0.717) is 12.6 Å². The highest BCUT2D eigenvalue weighted by molar-refractivity contribution is 5.75. The van der Waals surface area contributed by atoms with Crippen LogP contribution in [0.15, 0.2) is 0 Å². The second-order valence-corrected chi connectivity index (χ2v) is 4.72. The molecule has 0 rings (SSSR count). The third-order valence-corrected chi connectivity index (χ3v) is 2.51. The number of rotatable bonds is 9. The highest BCUT2D eigenvalue weighted by Gasteiger charge is 2.20. The molecule has 0 aliphatic heterocycles. The maximum Gasteiger partial charge on any atom is 0.323 e. The molecule has 0 aromatic rings. The molecule has 0 saturated heterocycles. The van der Waals surface area contributed by atoms with Crippen LogP contribution in [0.25, 0.3) is 0 Å². The van der Waals surface area contributed by atoms with Gasteiger partial charge in [-0.2, -0.15) is 0 Å². The van der Waals surface area contributed by atoms with Crippen LogP contribution in [-0.2, 0) is 9.53 Å². The Hall–Kier alpha value is -0.610. The van der Waals surface area contributed by atoms with Crippen molar-refractivity contribution in [3.05, 3.63) is 0 Å². The van der Waals surface area contributed by atoms with Crippen molar-refractivity contribution in [2.45, 2.75) is 52.6 Å². The van der Waals surface area contributed by atoms with E-state index in [9.17, 15) is 4.79 Å². The van der Waals surface area contributed by atoms with Crippen LogP contribution in [-0.4, -0.2) is 49.7 Å². The van der Waals surface area contributed by atoms with E-state index in [1.165, 1.54) is 0 Å². The first-order chi connectivity index (χ1) is 8.01. The van der Waals surface area contributed by atoms with Gasteiger partial charge < -0.3 is 15.0 Å². The van der Waals surface area contributed by atoms with Gasteiger partial charge in [0.25, 0.3) is 0 Å². The van der Waals surface area contributed by atoms with Gasteiger partial charge in [-0.05, 0) is 39.9 Å². The Kier molecular flexibility index (Phi) is 9.09. The Labute approximate surface area is 106 Å². The molecule has 0 aliphatic carbocycles. The van der Waals surface area contributed by atoms with E-state index in [0.717, 1.165) is 25.9 Å². The lowest BCUT2D eigenvalue weighted by Gasteiger charge is -2.22. The summed E-state index contributed by atoms with van der Waals surface area (Å²) in [5.74, 6) is -0.133. The lowest BCUT2D eigenvalue weighted by molar-refractivity contribution is -0.146. The van der Waals surface area contributed by atoms with Crippen molar-refractivity contribution in [1.29, 1.82) is 0 Å². The summed E-state index contributed by atoms with van der Waals surface area (Å²) in [6, 6.07) is 0.107. The second kappa shape index (κ2) is 9.42. The van der Waals surface area contributed by atoms with Gasteiger partial charge in [-0.1, -0.05) is 20.8 Å². The molecule has 17 heavy (non-hydrogen) atoms. The van der Waals surface area contributed by atoms with E-state index in [1.807, 2.05) is 20.8 Å². The molecule has 0 radical (unpaired) electrons. The zero-order valence-corrected chi connectivity index (χ0v) is 12.0. The summed E-state index contributed by atoms with van der Waals surface area (Å²) in [6.07, 6.45) is 1.94. The van der Waals surface area contributed by atoms with Crippen molar-refractivity contribution < 1.29 is 9.53 Å². The first kappa shape index (κ1) is 16.4. The molecule has 0 heterocycles. The number of carbonyl (C=O) groups is 1. The van der Waals surface area contributed by atoms with Gasteiger partial charge in [0.15, 0.2) is 0 Å². The maximum atomic E-state index is 11.7. The molecule has 0 spiro atoms. The fraction of sp³-hybridized carbons (Fsp3) is 0.923. The molecular weight excluding hydrogens is 216 g/mol. The summed E-state index contributed by atoms with van der Waals surface area (Å²) in [5, 5.41) is 3.26. The fourth-order valence-corrected chi connectivity index (χ4v) is 1.76. The number of esters is 1. The van der Waals surface area contributed by atoms with Crippen molar-refractivity contribution in [3.8, 4) is 0 Å². The maximum absolute atomic E-state index is 11.7. The van der Waals surface area contributed by atoms with Crippen LogP contribution in [0.1, 0.15) is 40.5 Å². The SMILES string of the molecule is CCCN(C)CCC(NC(C)C)C(=O)OCC. The molecule has 0 bridgehead atoms. The summed E-state index contributed by atoms with van der Waals surface area (Å²) >= 11 is 0. The largest absolute Gasteiger partial charge is 0.465 e. The lowest BCUT2D eigenvalue weighted by atomic mass is 10.1. The molecule has 0 aromatic carbocycles. The normalized spacial score (nSPS) is 13.1. The summed E-state index contributed by atoms with van der Waals surface area (Å²) in [7, 11) is 2.08. The van der Waals surface area contributed by atoms with Crippen LogP contribution < -0.4 is 5.32 Å². The van der Waals surface area contributed by atoms with Crippen LogP contribution in [0.3, 0.4) is 0 Å². The average Bonchev–Trinajstić information content (AvgIpc) is 2.24. The van der Waals surface area contributed by atoms with E-state index in [4.69, 9.17) is 4.74 Å². The molecule has 0 saturated carbocycles. The zero-order valence-electron chi connectivity index (χ0n) is 12.0. The number of hydrogen-bond acceptors (Lipinski definition) is 4. The minimum Gasteiger partial charge on any atom is -0.465 e. The van der Waals surface area contributed by atoms with Gasteiger partial charge in [0.2, 0.25) is 0 Å². The van der Waals surface area contributed by atoms with Crippen molar-refractivity contribution in [1.82, 2.24) is 10.2 Å². The second-order valence-electron chi connectivity index (χ2n) is 4.72. The molecule has 1 atom stereocenters. The van der Waals surface area contributed by atoms with E-state index >= 15 is 0 Å². The van der Waals surface area contributed by atoms with Crippen molar-refractivity contribution in [2.24, 2.45) is 0 Å². The smallest absolute Gasteiger partial charge is 0.323 e. The first-order valence-corrected chi connectivity index (χ1v) is 6.62. The van der Waals surface area contributed by atoms with Gasteiger partial charge in [-0.25, -0.2) is 0 Å². The quantitative estimate of drug-likeness (QED) is 0.626. The predicted octanol–water partition coefficient (Wildman–Crippen LogP) is 1.65. The van der Waals surface area contributed by atoms with Crippen LogP contribution >= 0.6 is 0 Å². The van der Waals surface area contributed by atoms with Gasteiger partial charge >= 0.3 is 5.97 Å². The fourth-order valence-electron chi connectivity index (χ4n) is 1.76. The van der Waals surface area contributed by atoms with Crippen LogP contribution in [0.4, 0.5) is 0 Å². The standard InChI is InChI=1S/C13H28N2O2/c1-6-9-15(5)10-8-12(14-11(3)4)13(16)17-7-2/h11-12,14H,6-10H2,1-5H3. The zero-order chi connectivity index (χ0) is 13.3. The van der Waals surface area contributed by atoms with Crippen LogP contribution in [0.5, 0.6) is 0 Å². The average molecular weight is 244 g/mol. The van der Waals surface area contributed by atoms with Gasteiger partial charge in [-0.15, -0.1) is 0 Å². The summed E-state index contributed by atoms with van der Waals surface area (Å²) in [6.45, 7) is 10.5. The van der Waals surface area contributed by atoms with E-state index < -0.39 is 0 Å². The summed E-state index contributed by atoms with van der Waals surface area (Å²) in [4.78, 5) is 14.0. The Morgan fingerprint density at radius 1 is 1.29 bits per heavy atom. The molecular formula is C13H28N2O2. The van der Waals surface area contributed by atoms with E-state index in [1.54, 1.807) is 0 Å². The van der Waals surface area contributed by atoms with Crippen LogP contribution in [0, 0.1) is 0 Å². The Morgan fingerprint density at radius 2 is 1.94 bits per heavy atom. The molecule has 1 unspecified atom stereocenters. The molecule has 0 aliphatic rings. The summed E-state index contributed by atoms with van der Waals surface area (Å²) in [5.41, 5.74) is 0. The molecule has 0 amide bonds. The number of carbonyl (C=O) groups excluding carboxylic acids is 1. The molecule has 1 N–H and O–H groups in total. The minimum absolute atomic E-state index is 0.133. The third kappa shape index (κ3) is 8.16. The van der Waals surface area contributed by atoms with Gasteiger partial charge in [0.1, 0.15) is 6.04 Å².